The molecule has 0 amide bonds. The van der Waals surface area contributed by atoms with Crippen molar-refractivity contribution in [3.63, 3.8) is 0 Å². The van der Waals surface area contributed by atoms with Crippen molar-refractivity contribution in [3.8, 4) is 0 Å². The predicted molar refractivity (Wildman–Crippen MR) is 80.2 cm³/mol. The first-order chi connectivity index (χ1) is 9.06. The first-order valence-electron chi connectivity index (χ1n) is 5.96. The number of hydrogen-bond acceptors (Lipinski definition) is 2. The molecular weight excluding hydrogens is 281 g/mol. The van der Waals surface area contributed by atoms with Gasteiger partial charge < -0.3 is 5.73 Å². The third-order valence-electron chi connectivity index (χ3n) is 2.85. The van der Waals surface area contributed by atoms with Crippen molar-refractivity contribution in [2.24, 2.45) is 5.73 Å². The van der Waals surface area contributed by atoms with Crippen molar-refractivity contribution in [1.82, 2.24) is 0 Å². The molecule has 0 saturated carbocycles. The molecule has 4 heteroatoms. The molecule has 1 atom stereocenters. The maximum atomic E-state index is 13.2. The highest BCUT2D eigenvalue weighted by Gasteiger charge is 2.08. The van der Waals surface area contributed by atoms with Crippen molar-refractivity contribution < 1.29 is 4.39 Å². The van der Waals surface area contributed by atoms with Crippen molar-refractivity contribution in [2.75, 3.05) is 5.75 Å². The topological polar surface area (TPSA) is 26.0 Å². The molecule has 0 aliphatic heterocycles. The van der Waals surface area contributed by atoms with Crippen LogP contribution in [-0.4, -0.2) is 5.75 Å². The highest BCUT2D eigenvalue weighted by Crippen LogP contribution is 2.25. The van der Waals surface area contributed by atoms with E-state index < -0.39 is 0 Å². The molecule has 0 aliphatic carbocycles. The number of aryl methyl sites for hydroxylation is 1. The Bertz CT molecular complexity index is 557. The van der Waals surface area contributed by atoms with Gasteiger partial charge in [-0.2, -0.15) is 0 Å². The van der Waals surface area contributed by atoms with E-state index in [2.05, 4.69) is 0 Å². The van der Waals surface area contributed by atoms with E-state index in [1.54, 1.807) is 24.8 Å². The van der Waals surface area contributed by atoms with E-state index in [4.69, 9.17) is 17.3 Å². The summed E-state index contributed by atoms with van der Waals surface area (Å²) in [6, 6.07) is 12.6. The third-order valence-corrected chi connectivity index (χ3v) is 4.24. The minimum atomic E-state index is -0.193. The largest absolute Gasteiger partial charge is 0.323 e. The number of thioether (sulfide) groups is 1. The first kappa shape index (κ1) is 14.4. The van der Waals surface area contributed by atoms with Gasteiger partial charge in [-0.05, 0) is 48.4 Å². The average molecular weight is 296 g/mol. The maximum absolute atomic E-state index is 13.2. The van der Waals surface area contributed by atoms with E-state index >= 15 is 0 Å². The van der Waals surface area contributed by atoms with Crippen LogP contribution in [-0.2, 0) is 0 Å². The molecule has 0 saturated heterocycles. The van der Waals surface area contributed by atoms with Crippen molar-refractivity contribution in [2.45, 2.75) is 17.9 Å². The molecule has 0 aromatic heterocycles. The van der Waals surface area contributed by atoms with Gasteiger partial charge in [0.2, 0.25) is 0 Å². The molecule has 0 heterocycles. The van der Waals surface area contributed by atoms with E-state index in [-0.39, 0.29) is 11.9 Å². The second-order valence-electron chi connectivity index (χ2n) is 4.38. The summed E-state index contributed by atoms with van der Waals surface area (Å²) >= 11 is 7.50. The fourth-order valence-electron chi connectivity index (χ4n) is 1.71. The molecular formula is C15H15ClFNS. The number of benzene rings is 2. The van der Waals surface area contributed by atoms with Gasteiger partial charge in [0.05, 0.1) is 0 Å². The Hall–Kier alpha value is -1.03. The van der Waals surface area contributed by atoms with Crippen LogP contribution in [0.2, 0.25) is 5.02 Å². The Morgan fingerprint density at radius 1 is 1.21 bits per heavy atom. The first-order valence-corrected chi connectivity index (χ1v) is 7.32. The molecule has 1 unspecified atom stereocenters. The lowest BCUT2D eigenvalue weighted by atomic mass is 10.1. The monoisotopic (exact) mass is 295 g/mol. The van der Waals surface area contributed by atoms with Crippen molar-refractivity contribution in [1.29, 1.82) is 0 Å². The molecule has 19 heavy (non-hydrogen) atoms. The average Bonchev–Trinajstić information content (AvgIpc) is 2.41. The van der Waals surface area contributed by atoms with Crippen LogP contribution in [0, 0.1) is 12.7 Å². The zero-order valence-corrected chi connectivity index (χ0v) is 12.1. The van der Waals surface area contributed by atoms with E-state index in [9.17, 15) is 4.39 Å². The molecule has 0 bridgehead atoms. The number of nitrogens with two attached hydrogens (primary N) is 1. The summed E-state index contributed by atoms with van der Waals surface area (Å²) in [4.78, 5) is 1.12. The van der Waals surface area contributed by atoms with E-state index in [1.165, 1.54) is 6.07 Å². The van der Waals surface area contributed by atoms with Gasteiger partial charge in [0.1, 0.15) is 5.82 Å². The minimum Gasteiger partial charge on any atom is -0.323 e. The van der Waals surface area contributed by atoms with Crippen LogP contribution in [0.3, 0.4) is 0 Å². The van der Waals surface area contributed by atoms with Crippen LogP contribution in [0.25, 0.3) is 0 Å². The lowest BCUT2D eigenvalue weighted by Gasteiger charge is -2.12. The molecule has 0 spiro atoms. The number of hydrogen-bond donors (Lipinski definition) is 1. The zero-order valence-electron chi connectivity index (χ0n) is 10.6. The SMILES string of the molecule is Cc1cc(C(N)CSc2ccc(Cl)cc2)ccc1F. The Balaban J connectivity index is 1.98. The van der Waals surface area contributed by atoms with Gasteiger partial charge in [0.25, 0.3) is 0 Å². The van der Waals surface area contributed by atoms with Gasteiger partial charge in [0.15, 0.2) is 0 Å². The molecule has 0 aliphatic rings. The fraction of sp³-hybridized carbons (Fsp3) is 0.200. The molecule has 0 radical (unpaired) electrons. The molecule has 2 N–H and O–H groups in total. The summed E-state index contributed by atoms with van der Waals surface area (Å²) in [5.41, 5.74) is 7.71. The number of halogens is 2. The Morgan fingerprint density at radius 2 is 1.89 bits per heavy atom. The van der Waals surface area contributed by atoms with Gasteiger partial charge in [0, 0.05) is 21.7 Å². The summed E-state index contributed by atoms with van der Waals surface area (Å²) in [6.45, 7) is 1.75. The van der Waals surface area contributed by atoms with Crippen LogP contribution in [0.15, 0.2) is 47.4 Å². The quantitative estimate of drug-likeness (QED) is 0.836. The second-order valence-corrected chi connectivity index (χ2v) is 5.91. The highest BCUT2D eigenvalue weighted by atomic mass is 35.5. The van der Waals surface area contributed by atoms with Crippen LogP contribution in [0.4, 0.5) is 4.39 Å². The summed E-state index contributed by atoms with van der Waals surface area (Å²) in [7, 11) is 0. The Kier molecular flexibility index (Phi) is 4.86. The second kappa shape index (κ2) is 6.42. The molecule has 100 valence electrons. The Morgan fingerprint density at radius 3 is 2.53 bits per heavy atom. The molecule has 2 aromatic rings. The zero-order chi connectivity index (χ0) is 13.8. The molecule has 2 aromatic carbocycles. The normalized spacial score (nSPS) is 12.4. The van der Waals surface area contributed by atoms with Gasteiger partial charge >= 0.3 is 0 Å². The summed E-state index contributed by atoms with van der Waals surface area (Å²) in [5, 5.41) is 0.725. The van der Waals surface area contributed by atoms with Gasteiger partial charge in [-0.3, -0.25) is 0 Å². The lowest BCUT2D eigenvalue weighted by Crippen LogP contribution is -2.13. The standard InChI is InChI=1S/C15H15ClFNS/c1-10-8-11(2-7-14(10)17)15(18)9-19-13-5-3-12(16)4-6-13/h2-8,15H,9,18H2,1H3. The third kappa shape index (κ3) is 3.96. The van der Waals surface area contributed by atoms with E-state index in [1.807, 2.05) is 30.3 Å². The summed E-state index contributed by atoms with van der Waals surface area (Å²) in [5.74, 6) is 0.550. The summed E-state index contributed by atoms with van der Waals surface area (Å²) in [6.07, 6.45) is 0. The van der Waals surface area contributed by atoms with Gasteiger partial charge in [-0.15, -0.1) is 11.8 Å². The van der Waals surface area contributed by atoms with E-state index in [0.29, 0.717) is 5.56 Å². The van der Waals surface area contributed by atoms with E-state index in [0.717, 1.165) is 21.2 Å². The van der Waals surface area contributed by atoms with Gasteiger partial charge in [-0.1, -0.05) is 23.7 Å². The van der Waals surface area contributed by atoms with Crippen LogP contribution >= 0.6 is 23.4 Å². The number of rotatable bonds is 4. The molecule has 0 fully saturated rings. The maximum Gasteiger partial charge on any atom is 0.126 e. The smallest absolute Gasteiger partial charge is 0.126 e. The Labute approximate surface area is 122 Å². The lowest BCUT2D eigenvalue weighted by molar-refractivity contribution is 0.616. The highest BCUT2D eigenvalue weighted by molar-refractivity contribution is 7.99. The predicted octanol–water partition coefficient (Wildman–Crippen LogP) is 4.58. The molecule has 1 nitrogen and oxygen atoms in total. The summed E-state index contributed by atoms with van der Waals surface area (Å²) < 4.78 is 13.2. The van der Waals surface area contributed by atoms with Crippen LogP contribution in [0.1, 0.15) is 17.2 Å². The van der Waals surface area contributed by atoms with Crippen molar-refractivity contribution >= 4 is 23.4 Å². The van der Waals surface area contributed by atoms with Crippen LogP contribution < -0.4 is 5.73 Å². The van der Waals surface area contributed by atoms with Crippen molar-refractivity contribution in [3.05, 3.63) is 64.4 Å². The molecule has 2 rings (SSSR count). The van der Waals surface area contributed by atoms with Gasteiger partial charge in [-0.25, -0.2) is 4.39 Å². The minimum absolute atomic E-state index is 0.111. The van der Waals surface area contributed by atoms with Crippen LogP contribution in [0.5, 0.6) is 0 Å². The fourth-order valence-corrected chi connectivity index (χ4v) is 2.73.